The Labute approximate surface area is 116 Å². The van der Waals surface area contributed by atoms with Gasteiger partial charge in [-0.2, -0.15) is 0 Å². The van der Waals surface area contributed by atoms with E-state index in [0.717, 1.165) is 32.4 Å². The first-order valence-electron chi connectivity index (χ1n) is 7.73. The highest BCUT2D eigenvalue weighted by molar-refractivity contribution is 5.70. The topological polar surface area (TPSA) is 43.8 Å². The summed E-state index contributed by atoms with van der Waals surface area (Å²) in [5.74, 6) is -0.734. The monoisotopic (exact) mass is 268 g/mol. The van der Waals surface area contributed by atoms with Gasteiger partial charge in [0.15, 0.2) is 0 Å². The second kappa shape index (κ2) is 6.71. The van der Waals surface area contributed by atoms with Crippen LogP contribution >= 0.6 is 0 Å². The van der Waals surface area contributed by atoms with Crippen molar-refractivity contribution in [3.63, 3.8) is 0 Å². The molecule has 0 aromatic carbocycles. The molecule has 0 aromatic rings. The molecule has 110 valence electrons. The molecule has 1 saturated heterocycles. The quantitative estimate of drug-likeness (QED) is 0.796. The molecule has 0 bridgehead atoms. The summed E-state index contributed by atoms with van der Waals surface area (Å²) in [5.41, 5.74) is 0. The predicted molar refractivity (Wildman–Crippen MR) is 76.3 cm³/mol. The molecule has 2 rings (SSSR count). The molecule has 3 unspecified atom stereocenters. The van der Waals surface area contributed by atoms with Crippen LogP contribution in [0.1, 0.15) is 44.9 Å². The maximum atomic E-state index is 11.5. The van der Waals surface area contributed by atoms with E-state index in [1.807, 2.05) is 0 Å². The van der Waals surface area contributed by atoms with E-state index in [4.69, 9.17) is 0 Å². The Morgan fingerprint density at radius 2 is 1.84 bits per heavy atom. The van der Waals surface area contributed by atoms with E-state index in [1.165, 1.54) is 25.7 Å². The zero-order chi connectivity index (χ0) is 13.8. The van der Waals surface area contributed by atoms with E-state index < -0.39 is 5.97 Å². The van der Waals surface area contributed by atoms with Crippen LogP contribution in [0.5, 0.6) is 0 Å². The Kier molecular flexibility index (Phi) is 5.22. The molecule has 0 amide bonds. The molecule has 4 heteroatoms. The van der Waals surface area contributed by atoms with Crippen molar-refractivity contribution in [1.29, 1.82) is 0 Å². The fourth-order valence-corrected chi connectivity index (χ4v) is 3.72. The maximum absolute atomic E-state index is 11.5. The third-order valence-electron chi connectivity index (χ3n) is 4.92. The SMILES string of the molecule is CN(C)C1CCCN(C2CCCCCC2C(=O)O)C1. The van der Waals surface area contributed by atoms with Gasteiger partial charge in [-0.25, -0.2) is 0 Å². The second-order valence-electron chi connectivity index (χ2n) is 6.40. The van der Waals surface area contributed by atoms with Crippen LogP contribution in [0.4, 0.5) is 0 Å². The molecule has 0 radical (unpaired) electrons. The minimum atomic E-state index is -0.584. The number of aliphatic carboxylic acids is 1. The molecular formula is C15H28N2O2. The molecule has 2 aliphatic rings. The maximum Gasteiger partial charge on any atom is 0.308 e. The molecule has 19 heavy (non-hydrogen) atoms. The first-order valence-corrected chi connectivity index (χ1v) is 7.73. The van der Waals surface area contributed by atoms with E-state index in [9.17, 15) is 9.90 Å². The first-order chi connectivity index (χ1) is 9.09. The van der Waals surface area contributed by atoms with Gasteiger partial charge >= 0.3 is 5.97 Å². The first kappa shape index (κ1) is 14.8. The summed E-state index contributed by atoms with van der Waals surface area (Å²) in [7, 11) is 4.27. The molecule has 0 aromatic heterocycles. The van der Waals surface area contributed by atoms with E-state index in [1.54, 1.807) is 0 Å². The zero-order valence-electron chi connectivity index (χ0n) is 12.3. The Morgan fingerprint density at radius 3 is 2.53 bits per heavy atom. The molecule has 1 heterocycles. The third-order valence-corrected chi connectivity index (χ3v) is 4.92. The number of hydrogen-bond donors (Lipinski definition) is 1. The van der Waals surface area contributed by atoms with Gasteiger partial charge in [0.1, 0.15) is 0 Å². The van der Waals surface area contributed by atoms with Crippen molar-refractivity contribution in [1.82, 2.24) is 9.80 Å². The Hall–Kier alpha value is -0.610. The number of hydrogen-bond acceptors (Lipinski definition) is 3. The van der Waals surface area contributed by atoms with Crippen molar-refractivity contribution in [2.24, 2.45) is 5.92 Å². The number of carboxylic acid groups (broad SMARTS) is 1. The number of rotatable bonds is 3. The van der Waals surface area contributed by atoms with Gasteiger partial charge in [-0.05, 0) is 46.3 Å². The largest absolute Gasteiger partial charge is 0.481 e. The van der Waals surface area contributed by atoms with Crippen LogP contribution in [0.2, 0.25) is 0 Å². The molecular weight excluding hydrogens is 240 g/mol. The van der Waals surface area contributed by atoms with Crippen LogP contribution in [0.3, 0.4) is 0 Å². The molecule has 3 atom stereocenters. The normalized spacial score (nSPS) is 34.2. The summed E-state index contributed by atoms with van der Waals surface area (Å²) in [4.78, 5) is 16.3. The molecule has 1 aliphatic heterocycles. The smallest absolute Gasteiger partial charge is 0.308 e. The van der Waals surface area contributed by atoms with Crippen molar-refractivity contribution < 1.29 is 9.90 Å². The highest BCUT2D eigenvalue weighted by Gasteiger charge is 2.36. The average molecular weight is 268 g/mol. The van der Waals surface area contributed by atoms with Gasteiger partial charge in [0.05, 0.1) is 5.92 Å². The van der Waals surface area contributed by atoms with Crippen LogP contribution < -0.4 is 0 Å². The summed E-state index contributed by atoms with van der Waals surface area (Å²) in [5, 5.41) is 9.50. The van der Waals surface area contributed by atoms with Crippen LogP contribution in [0.15, 0.2) is 0 Å². The second-order valence-corrected chi connectivity index (χ2v) is 6.40. The third kappa shape index (κ3) is 3.69. The van der Waals surface area contributed by atoms with Crippen molar-refractivity contribution in [2.75, 3.05) is 27.2 Å². The number of likely N-dealkylation sites (N-methyl/N-ethyl adjacent to an activating group) is 1. The van der Waals surface area contributed by atoms with Crippen LogP contribution in [0.25, 0.3) is 0 Å². The number of carboxylic acids is 1. The lowest BCUT2D eigenvalue weighted by molar-refractivity contribution is -0.145. The highest BCUT2D eigenvalue weighted by atomic mass is 16.4. The van der Waals surface area contributed by atoms with Gasteiger partial charge in [0.25, 0.3) is 0 Å². The number of likely N-dealkylation sites (tertiary alicyclic amines) is 1. The van der Waals surface area contributed by atoms with Crippen molar-refractivity contribution >= 4 is 5.97 Å². The summed E-state index contributed by atoms with van der Waals surface area (Å²) < 4.78 is 0. The predicted octanol–water partition coefficient (Wildman–Crippen LogP) is 2.05. The lowest BCUT2D eigenvalue weighted by Gasteiger charge is -2.42. The average Bonchev–Trinajstić information content (AvgIpc) is 2.64. The van der Waals surface area contributed by atoms with Crippen molar-refractivity contribution in [3.8, 4) is 0 Å². The lowest BCUT2D eigenvalue weighted by Crippen LogP contribution is -2.52. The summed E-state index contributed by atoms with van der Waals surface area (Å²) in [6, 6.07) is 0.856. The fourth-order valence-electron chi connectivity index (χ4n) is 3.72. The standard InChI is InChI=1S/C15H28N2O2/c1-16(2)12-7-6-10-17(11-12)14-9-5-3-4-8-13(14)15(18)19/h12-14H,3-11H2,1-2H3,(H,18,19). The number of piperidine rings is 1. The van der Waals surface area contributed by atoms with Crippen molar-refractivity contribution in [2.45, 2.75) is 57.0 Å². The number of carbonyl (C=O) groups is 1. The van der Waals surface area contributed by atoms with Gasteiger partial charge in [0.2, 0.25) is 0 Å². The Morgan fingerprint density at radius 1 is 1.11 bits per heavy atom. The van der Waals surface area contributed by atoms with Gasteiger partial charge in [-0.3, -0.25) is 9.69 Å². The molecule has 2 fully saturated rings. The van der Waals surface area contributed by atoms with Gasteiger partial charge in [0, 0.05) is 18.6 Å². The van der Waals surface area contributed by atoms with E-state index >= 15 is 0 Å². The van der Waals surface area contributed by atoms with E-state index in [2.05, 4.69) is 23.9 Å². The minimum Gasteiger partial charge on any atom is -0.481 e. The van der Waals surface area contributed by atoms with E-state index in [0.29, 0.717) is 6.04 Å². The lowest BCUT2D eigenvalue weighted by atomic mass is 9.91. The van der Waals surface area contributed by atoms with Gasteiger partial charge in [-0.15, -0.1) is 0 Å². The van der Waals surface area contributed by atoms with E-state index in [-0.39, 0.29) is 12.0 Å². The molecule has 1 aliphatic carbocycles. The van der Waals surface area contributed by atoms with Gasteiger partial charge in [-0.1, -0.05) is 19.3 Å². The van der Waals surface area contributed by atoms with Crippen LogP contribution in [-0.4, -0.2) is 60.1 Å². The van der Waals surface area contributed by atoms with Crippen molar-refractivity contribution in [3.05, 3.63) is 0 Å². The summed E-state index contributed by atoms with van der Waals surface area (Å²) >= 11 is 0. The molecule has 0 spiro atoms. The molecule has 4 nitrogen and oxygen atoms in total. The van der Waals surface area contributed by atoms with Crippen LogP contribution in [0, 0.1) is 5.92 Å². The van der Waals surface area contributed by atoms with Gasteiger partial charge < -0.3 is 10.0 Å². The highest BCUT2D eigenvalue weighted by Crippen LogP contribution is 2.30. The zero-order valence-corrected chi connectivity index (χ0v) is 12.3. The summed E-state index contributed by atoms with van der Waals surface area (Å²) in [6.45, 7) is 2.13. The van der Waals surface area contributed by atoms with Crippen LogP contribution in [-0.2, 0) is 4.79 Å². The Bertz CT molecular complexity index is 307. The summed E-state index contributed by atoms with van der Waals surface area (Å²) in [6.07, 6.45) is 7.85. The Balaban J connectivity index is 2.05. The number of nitrogens with zero attached hydrogens (tertiary/aromatic N) is 2. The molecule has 1 N–H and O–H groups in total. The minimum absolute atomic E-state index is 0.150. The molecule has 1 saturated carbocycles. The fraction of sp³-hybridized carbons (Fsp3) is 0.933.